The fourth-order valence-corrected chi connectivity index (χ4v) is 4.80. The number of carbonyl (C=O) groups is 1. The molecule has 0 atom stereocenters. The van der Waals surface area contributed by atoms with Crippen molar-refractivity contribution in [3.05, 3.63) is 88.5 Å². The number of rotatable bonds is 6. The van der Waals surface area contributed by atoms with E-state index in [-0.39, 0.29) is 4.90 Å². The molecule has 3 aromatic rings. The lowest BCUT2D eigenvalue weighted by Gasteiger charge is -2.25. The fraction of sp³-hybridized carbons (Fsp3) is 0.240. The number of ether oxygens (including phenoxy) is 1. The quantitative estimate of drug-likeness (QED) is 0.543. The second-order valence-corrected chi connectivity index (χ2v) is 9.54. The number of benzene rings is 3. The molecule has 0 N–H and O–H groups in total. The Morgan fingerprint density at radius 2 is 1.48 bits per heavy atom. The minimum absolute atomic E-state index is 0.0545. The van der Waals surface area contributed by atoms with Crippen molar-refractivity contribution < 1.29 is 17.9 Å². The first-order chi connectivity index (χ1) is 14.6. The van der Waals surface area contributed by atoms with Crippen LogP contribution in [0.3, 0.4) is 0 Å². The Bertz CT molecular complexity index is 1210. The van der Waals surface area contributed by atoms with Crippen molar-refractivity contribution in [2.45, 2.75) is 39.5 Å². The van der Waals surface area contributed by atoms with Gasteiger partial charge >= 0.3 is 0 Å². The second kappa shape index (κ2) is 8.94. The summed E-state index contributed by atoms with van der Waals surface area (Å²) in [6, 6.07) is 17.3. The van der Waals surface area contributed by atoms with Gasteiger partial charge in [-0.3, -0.25) is 4.79 Å². The molecule has 6 heteroatoms. The van der Waals surface area contributed by atoms with E-state index in [0.29, 0.717) is 11.4 Å². The fourth-order valence-electron chi connectivity index (χ4n) is 3.33. The third-order valence-electron chi connectivity index (χ3n) is 5.26. The van der Waals surface area contributed by atoms with E-state index in [9.17, 15) is 13.2 Å². The number of amides is 1. The molecule has 5 nitrogen and oxygen atoms in total. The van der Waals surface area contributed by atoms with E-state index >= 15 is 0 Å². The molecule has 0 fully saturated rings. The van der Waals surface area contributed by atoms with E-state index in [0.717, 1.165) is 32.1 Å². The summed E-state index contributed by atoms with van der Waals surface area (Å²) in [5.74, 6) is -0.109. The van der Waals surface area contributed by atoms with Gasteiger partial charge in [-0.1, -0.05) is 47.5 Å². The summed E-state index contributed by atoms with van der Waals surface area (Å²) in [6.45, 7) is 9.02. The van der Waals surface area contributed by atoms with Crippen LogP contribution in [0.25, 0.3) is 0 Å². The van der Waals surface area contributed by atoms with Crippen LogP contribution in [-0.2, 0) is 14.8 Å². The van der Waals surface area contributed by atoms with Crippen molar-refractivity contribution in [1.29, 1.82) is 0 Å². The number of anilines is 1. The first-order valence-corrected chi connectivity index (χ1v) is 11.5. The molecule has 0 aromatic heterocycles. The van der Waals surface area contributed by atoms with Gasteiger partial charge in [-0.05, 0) is 75.6 Å². The molecule has 0 spiro atoms. The van der Waals surface area contributed by atoms with Gasteiger partial charge in [-0.25, -0.2) is 8.42 Å². The Hall–Kier alpha value is -3.12. The van der Waals surface area contributed by atoms with Crippen molar-refractivity contribution in [1.82, 2.24) is 0 Å². The topological polar surface area (TPSA) is 63.7 Å². The van der Waals surface area contributed by atoms with Gasteiger partial charge in [0.1, 0.15) is 5.75 Å². The first-order valence-electron chi connectivity index (χ1n) is 10.0. The van der Waals surface area contributed by atoms with Gasteiger partial charge in [-0.15, -0.1) is 0 Å². The number of hydrogen-bond donors (Lipinski definition) is 0. The zero-order chi connectivity index (χ0) is 22.8. The first kappa shape index (κ1) is 22.6. The third kappa shape index (κ3) is 4.80. The van der Waals surface area contributed by atoms with Gasteiger partial charge < -0.3 is 4.74 Å². The maximum atomic E-state index is 13.5. The predicted molar refractivity (Wildman–Crippen MR) is 123 cm³/mol. The lowest BCUT2D eigenvalue weighted by molar-refractivity contribution is -0.119. The number of aryl methyl sites for hydroxylation is 4. The average Bonchev–Trinajstić information content (AvgIpc) is 2.71. The van der Waals surface area contributed by atoms with E-state index < -0.39 is 22.5 Å². The highest BCUT2D eigenvalue weighted by atomic mass is 32.2. The highest BCUT2D eigenvalue weighted by molar-refractivity contribution is 7.93. The van der Waals surface area contributed by atoms with Crippen molar-refractivity contribution in [2.24, 2.45) is 0 Å². The van der Waals surface area contributed by atoms with Crippen LogP contribution < -0.4 is 9.04 Å². The van der Waals surface area contributed by atoms with Gasteiger partial charge in [0.2, 0.25) is 0 Å². The summed E-state index contributed by atoms with van der Waals surface area (Å²) in [6.07, 6.45) is 0. The molecule has 0 saturated heterocycles. The summed E-state index contributed by atoms with van der Waals surface area (Å²) in [5.41, 5.74) is 4.84. The maximum Gasteiger partial charge on any atom is 0.278 e. The van der Waals surface area contributed by atoms with E-state index in [2.05, 4.69) is 0 Å². The number of nitrogens with zero attached hydrogens (tertiary/aromatic N) is 1. The zero-order valence-corrected chi connectivity index (χ0v) is 19.3. The molecule has 0 unspecified atom stereocenters. The Labute approximate surface area is 184 Å². The van der Waals surface area contributed by atoms with Crippen molar-refractivity contribution in [3.63, 3.8) is 0 Å². The third-order valence-corrected chi connectivity index (χ3v) is 7.01. The average molecular weight is 438 g/mol. The lowest BCUT2D eigenvalue weighted by Crippen LogP contribution is -2.40. The molecule has 31 heavy (non-hydrogen) atoms. The molecule has 0 aliphatic rings. The molecule has 0 saturated carbocycles. The monoisotopic (exact) mass is 437 g/mol. The largest absolute Gasteiger partial charge is 0.483 e. The zero-order valence-electron chi connectivity index (χ0n) is 18.5. The lowest BCUT2D eigenvalue weighted by atomic mass is 10.1. The van der Waals surface area contributed by atoms with E-state index in [1.165, 1.54) is 12.1 Å². The van der Waals surface area contributed by atoms with Crippen LogP contribution in [0.5, 0.6) is 5.75 Å². The molecule has 3 rings (SSSR count). The molecule has 1 amide bonds. The SMILES string of the molecule is Cc1ccc(S(=O)(=O)N(C(=O)COc2ccc(C)cc2C)c2cccc(C)c2C)cc1. The maximum absolute atomic E-state index is 13.5. The highest BCUT2D eigenvalue weighted by Gasteiger charge is 2.32. The summed E-state index contributed by atoms with van der Waals surface area (Å²) in [5, 5.41) is 0. The highest BCUT2D eigenvalue weighted by Crippen LogP contribution is 2.29. The van der Waals surface area contributed by atoms with Gasteiger partial charge in [0, 0.05) is 0 Å². The smallest absolute Gasteiger partial charge is 0.278 e. The van der Waals surface area contributed by atoms with Crippen LogP contribution in [0.15, 0.2) is 65.6 Å². The Morgan fingerprint density at radius 3 is 2.13 bits per heavy atom. The molecular formula is C25H27NO4S. The number of hydrogen-bond acceptors (Lipinski definition) is 4. The van der Waals surface area contributed by atoms with Crippen LogP contribution in [0.4, 0.5) is 5.69 Å². The normalized spacial score (nSPS) is 11.3. The Balaban J connectivity index is 2.02. The number of carbonyl (C=O) groups excluding carboxylic acids is 1. The molecule has 162 valence electrons. The van der Waals surface area contributed by atoms with Crippen LogP contribution in [-0.4, -0.2) is 20.9 Å². The standard InChI is InChI=1S/C25H27NO4S/c1-17-9-12-22(13-10-17)31(28,29)26(23-8-6-7-19(3)21(23)5)25(27)16-30-24-14-11-18(2)15-20(24)4/h6-15H,16H2,1-5H3. The molecule has 0 bridgehead atoms. The van der Waals surface area contributed by atoms with Gasteiger partial charge in [-0.2, -0.15) is 4.31 Å². The minimum Gasteiger partial charge on any atom is -0.483 e. The van der Waals surface area contributed by atoms with Crippen LogP contribution in [0, 0.1) is 34.6 Å². The summed E-state index contributed by atoms with van der Waals surface area (Å²) >= 11 is 0. The van der Waals surface area contributed by atoms with Crippen LogP contribution in [0.2, 0.25) is 0 Å². The van der Waals surface area contributed by atoms with Crippen LogP contribution >= 0.6 is 0 Å². The molecule has 3 aromatic carbocycles. The van der Waals surface area contributed by atoms with E-state index in [1.54, 1.807) is 37.3 Å². The number of sulfonamides is 1. The second-order valence-electron chi connectivity index (χ2n) is 7.75. The molecule has 0 aliphatic heterocycles. The summed E-state index contributed by atoms with van der Waals surface area (Å²) < 4.78 is 33.6. The predicted octanol–water partition coefficient (Wildman–Crippen LogP) is 5.03. The van der Waals surface area contributed by atoms with E-state index in [4.69, 9.17) is 4.74 Å². The van der Waals surface area contributed by atoms with Crippen molar-refractivity contribution in [3.8, 4) is 5.75 Å². The van der Waals surface area contributed by atoms with Crippen LogP contribution in [0.1, 0.15) is 27.8 Å². The minimum atomic E-state index is -4.13. The molecule has 0 heterocycles. The molecular weight excluding hydrogens is 410 g/mol. The summed E-state index contributed by atoms with van der Waals surface area (Å²) in [7, 11) is -4.13. The molecule has 0 aliphatic carbocycles. The van der Waals surface area contributed by atoms with Gasteiger partial charge in [0.15, 0.2) is 6.61 Å². The van der Waals surface area contributed by atoms with Gasteiger partial charge in [0.25, 0.3) is 15.9 Å². The van der Waals surface area contributed by atoms with Crippen molar-refractivity contribution >= 4 is 21.6 Å². The Kier molecular flexibility index (Phi) is 6.51. The Morgan fingerprint density at radius 1 is 0.839 bits per heavy atom. The molecule has 0 radical (unpaired) electrons. The summed E-state index contributed by atoms with van der Waals surface area (Å²) in [4.78, 5) is 13.3. The van der Waals surface area contributed by atoms with E-state index in [1.807, 2.05) is 45.9 Å². The van der Waals surface area contributed by atoms with Crippen molar-refractivity contribution in [2.75, 3.05) is 10.9 Å². The van der Waals surface area contributed by atoms with Gasteiger partial charge in [0.05, 0.1) is 10.6 Å².